The zero-order valence-corrected chi connectivity index (χ0v) is 21.8. The first-order chi connectivity index (χ1) is 19.3. The van der Waals surface area contributed by atoms with Crippen molar-refractivity contribution < 1.29 is 4.74 Å². The van der Waals surface area contributed by atoms with Crippen LogP contribution in [0.15, 0.2) is 110 Å². The van der Waals surface area contributed by atoms with Gasteiger partial charge in [0.1, 0.15) is 11.5 Å². The number of hydrogen-bond acceptors (Lipinski definition) is 1. The summed E-state index contributed by atoms with van der Waals surface area (Å²) >= 11 is 0. The van der Waals surface area contributed by atoms with Crippen LogP contribution in [0, 0.1) is 0 Å². The molecule has 0 aromatic heterocycles. The minimum Gasteiger partial charge on any atom is -0.455 e. The number of ether oxygens (including phenoxy) is 1. The van der Waals surface area contributed by atoms with Gasteiger partial charge in [0, 0.05) is 21.4 Å². The molecular weight excluding hydrogens is 472 g/mol. The molecule has 39 heavy (non-hydrogen) atoms. The van der Waals surface area contributed by atoms with E-state index in [0.717, 1.165) is 51.5 Å². The zero-order valence-electron chi connectivity index (χ0n) is 21.8. The van der Waals surface area contributed by atoms with Crippen LogP contribution in [0.3, 0.4) is 0 Å². The molecule has 1 aliphatic carbocycles. The molecule has 1 nitrogen and oxygen atoms in total. The quantitative estimate of drug-likeness (QED) is 0.214. The van der Waals surface area contributed by atoms with E-state index >= 15 is 0 Å². The molecule has 0 spiro atoms. The van der Waals surface area contributed by atoms with Crippen LogP contribution in [-0.2, 0) is 0 Å². The Kier molecular flexibility index (Phi) is 5.64. The molecule has 0 saturated heterocycles. The van der Waals surface area contributed by atoms with E-state index in [4.69, 9.17) is 4.74 Å². The Balaban J connectivity index is 1.66. The maximum atomic E-state index is 6.96. The monoisotopic (exact) mass is 500 g/mol. The van der Waals surface area contributed by atoms with E-state index in [-0.39, 0.29) is 0 Å². The Bertz CT molecular complexity index is 2070. The summed E-state index contributed by atoms with van der Waals surface area (Å²) in [7, 11) is 0. The first kappa shape index (κ1) is 23.3. The molecule has 0 amide bonds. The third-order valence-electron chi connectivity index (χ3n) is 7.89. The second kappa shape index (κ2) is 9.45. The highest BCUT2D eigenvalue weighted by atomic mass is 16.5. The van der Waals surface area contributed by atoms with E-state index in [1.165, 1.54) is 37.9 Å². The molecule has 0 heterocycles. The van der Waals surface area contributed by atoms with Gasteiger partial charge in [-0.3, -0.25) is 0 Å². The van der Waals surface area contributed by atoms with E-state index < -0.39 is 0 Å². The van der Waals surface area contributed by atoms with Crippen LogP contribution in [-0.4, -0.2) is 0 Å². The van der Waals surface area contributed by atoms with Gasteiger partial charge in [-0.15, -0.1) is 0 Å². The van der Waals surface area contributed by atoms with Crippen molar-refractivity contribution in [2.45, 2.75) is 12.8 Å². The number of hydrogen-bond donors (Lipinski definition) is 0. The Hall–Kier alpha value is -4.88. The minimum absolute atomic E-state index is 0.872. The molecule has 6 aromatic carbocycles. The van der Waals surface area contributed by atoms with Crippen LogP contribution < -0.4 is 15.2 Å². The summed E-state index contributed by atoms with van der Waals surface area (Å²) in [6, 6.07) is 34.2. The molecule has 0 radical (unpaired) electrons. The predicted octanol–water partition coefficient (Wildman–Crippen LogP) is 9.25. The van der Waals surface area contributed by atoms with E-state index in [0.29, 0.717) is 0 Å². The molecular formula is C38H28O. The Morgan fingerprint density at radius 1 is 0.590 bits per heavy atom. The van der Waals surface area contributed by atoms with Crippen molar-refractivity contribution in [2.24, 2.45) is 0 Å². The summed E-state index contributed by atoms with van der Waals surface area (Å²) in [6.45, 7) is 8.27. The zero-order chi connectivity index (χ0) is 26.3. The van der Waals surface area contributed by atoms with Gasteiger partial charge in [0.05, 0.1) is 0 Å². The van der Waals surface area contributed by atoms with Crippen molar-refractivity contribution in [1.29, 1.82) is 0 Å². The van der Waals surface area contributed by atoms with Gasteiger partial charge in [-0.1, -0.05) is 122 Å². The predicted molar refractivity (Wildman–Crippen MR) is 169 cm³/mol. The Labute approximate surface area is 228 Å². The average molecular weight is 501 g/mol. The molecule has 6 aromatic rings. The third-order valence-corrected chi connectivity index (χ3v) is 7.89. The Morgan fingerprint density at radius 2 is 1.28 bits per heavy atom. The highest BCUT2D eigenvalue weighted by molar-refractivity contribution is 6.17. The molecule has 0 atom stereocenters. The minimum atomic E-state index is 0.872. The normalized spacial score (nSPS) is 12.5. The SMILES string of the molecule is C=Cc1cccc(-c2c3c(c(Oc4cccc5ccccc45)c4ccc5ccccc5c24)=CCCC=3)c1C=C. The van der Waals surface area contributed by atoms with E-state index in [9.17, 15) is 0 Å². The summed E-state index contributed by atoms with van der Waals surface area (Å²) in [4.78, 5) is 0. The second-order valence-electron chi connectivity index (χ2n) is 10.0. The molecule has 0 saturated carbocycles. The molecule has 186 valence electrons. The van der Waals surface area contributed by atoms with Gasteiger partial charge < -0.3 is 4.74 Å². The van der Waals surface area contributed by atoms with Crippen LogP contribution in [0.4, 0.5) is 0 Å². The van der Waals surface area contributed by atoms with E-state index in [2.05, 4.69) is 122 Å². The fourth-order valence-electron chi connectivity index (χ4n) is 6.13. The average Bonchev–Trinajstić information content (AvgIpc) is 3.00. The topological polar surface area (TPSA) is 9.23 Å². The highest BCUT2D eigenvalue weighted by Gasteiger charge is 2.20. The largest absolute Gasteiger partial charge is 0.455 e. The van der Waals surface area contributed by atoms with Crippen LogP contribution in [0.1, 0.15) is 24.0 Å². The van der Waals surface area contributed by atoms with Crippen LogP contribution >= 0.6 is 0 Å². The molecule has 0 fully saturated rings. The lowest BCUT2D eigenvalue weighted by Crippen LogP contribution is -2.31. The van der Waals surface area contributed by atoms with Gasteiger partial charge >= 0.3 is 0 Å². The van der Waals surface area contributed by atoms with Gasteiger partial charge in [0.2, 0.25) is 0 Å². The lowest BCUT2D eigenvalue weighted by molar-refractivity contribution is 0.489. The van der Waals surface area contributed by atoms with E-state index in [1.54, 1.807) is 0 Å². The van der Waals surface area contributed by atoms with E-state index in [1.807, 2.05) is 12.2 Å². The maximum absolute atomic E-state index is 6.96. The number of rotatable bonds is 5. The number of fused-ring (bicyclic) bond motifs is 5. The summed E-state index contributed by atoms with van der Waals surface area (Å²) in [5, 5.41) is 9.41. The highest BCUT2D eigenvalue weighted by Crippen LogP contribution is 2.40. The lowest BCUT2D eigenvalue weighted by Gasteiger charge is -2.21. The van der Waals surface area contributed by atoms with Crippen molar-refractivity contribution in [3.63, 3.8) is 0 Å². The van der Waals surface area contributed by atoms with Crippen molar-refractivity contribution in [3.8, 4) is 22.6 Å². The van der Waals surface area contributed by atoms with Crippen molar-refractivity contribution >= 4 is 56.6 Å². The maximum Gasteiger partial charge on any atom is 0.142 e. The smallest absolute Gasteiger partial charge is 0.142 e. The van der Waals surface area contributed by atoms with Gasteiger partial charge in [-0.2, -0.15) is 0 Å². The fourth-order valence-corrected chi connectivity index (χ4v) is 6.13. The molecule has 0 bridgehead atoms. The summed E-state index contributed by atoms with van der Waals surface area (Å²) in [6.07, 6.45) is 10.6. The van der Waals surface area contributed by atoms with Crippen molar-refractivity contribution in [3.05, 3.63) is 132 Å². The van der Waals surface area contributed by atoms with Gasteiger partial charge in [0.15, 0.2) is 0 Å². The van der Waals surface area contributed by atoms with Crippen molar-refractivity contribution in [2.75, 3.05) is 0 Å². The molecule has 1 aliphatic rings. The Morgan fingerprint density at radius 3 is 2.08 bits per heavy atom. The first-order valence-corrected chi connectivity index (χ1v) is 13.5. The second-order valence-corrected chi connectivity index (χ2v) is 10.0. The molecule has 1 heteroatoms. The third kappa shape index (κ3) is 3.70. The van der Waals surface area contributed by atoms with Crippen LogP contribution in [0.25, 0.3) is 67.7 Å². The van der Waals surface area contributed by atoms with Crippen molar-refractivity contribution in [1.82, 2.24) is 0 Å². The molecule has 0 N–H and O–H groups in total. The number of benzene rings is 6. The standard InChI is InChI=1S/C38H28O/c1-3-25-15-11-21-31(28(25)4-2)37-32-19-9-10-20-33(32)38(34-24-23-27-14-6-8-18-30(27)36(34)37)39-35-22-12-16-26-13-5-7-17-29(26)35/h3-8,11-24H,1-2,9-10H2. The summed E-state index contributed by atoms with van der Waals surface area (Å²) < 4.78 is 6.96. The van der Waals surface area contributed by atoms with Gasteiger partial charge in [0.25, 0.3) is 0 Å². The molecule has 0 aliphatic heterocycles. The molecule has 0 unspecified atom stereocenters. The fraction of sp³-hybridized carbons (Fsp3) is 0.0526. The van der Waals surface area contributed by atoms with Crippen LogP contribution in [0.5, 0.6) is 11.5 Å². The molecule has 7 rings (SSSR count). The summed E-state index contributed by atoms with van der Waals surface area (Å²) in [5.74, 6) is 1.79. The van der Waals surface area contributed by atoms with Gasteiger partial charge in [-0.05, 0) is 68.6 Å². The van der Waals surface area contributed by atoms with Crippen LogP contribution in [0.2, 0.25) is 0 Å². The lowest BCUT2D eigenvalue weighted by atomic mass is 9.86. The first-order valence-electron chi connectivity index (χ1n) is 13.5. The van der Waals surface area contributed by atoms with Gasteiger partial charge in [-0.25, -0.2) is 0 Å². The summed E-state index contributed by atoms with van der Waals surface area (Å²) in [5.41, 5.74) is 4.59.